The smallest absolute Gasteiger partial charge is 0.320 e. The Hall–Kier alpha value is -4.19. The minimum Gasteiger partial charge on any atom is -0.341 e. The van der Waals surface area contributed by atoms with Gasteiger partial charge in [-0.1, -0.05) is 24.6 Å². The summed E-state index contributed by atoms with van der Waals surface area (Å²) in [6, 6.07) is 7.90. The summed E-state index contributed by atoms with van der Waals surface area (Å²) in [5.74, 6) is -0.532. The SMILES string of the molecule is Cc1cc(CC(NC(=O)N2CCC3(CC2)NC(=O)Nc2c(F)cccc23)C(=O)N2CCC(N3CCCCC3)CC2)cc2cn[nH]c12. The molecule has 0 saturated carbocycles. The van der Waals surface area contributed by atoms with Crippen LogP contribution in [0.1, 0.15) is 61.6 Å². The highest BCUT2D eigenvalue weighted by Crippen LogP contribution is 2.40. The molecule has 0 radical (unpaired) electrons. The summed E-state index contributed by atoms with van der Waals surface area (Å²) in [5.41, 5.74) is 3.09. The summed E-state index contributed by atoms with van der Waals surface area (Å²) in [4.78, 5) is 46.6. The molecular formula is C34H43FN8O3. The molecule has 1 spiro atoms. The number of carbonyl (C=O) groups excluding carboxylic acids is 3. The van der Waals surface area contributed by atoms with Crippen molar-refractivity contribution in [1.29, 1.82) is 0 Å². The van der Waals surface area contributed by atoms with Gasteiger partial charge < -0.3 is 30.7 Å². The van der Waals surface area contributed by atoms with Crippen molar-refractivity contribution < 1.29 is 18.8 Å². The summed E-state index contributed by atoms with van der Waals surface area (Å²) in [6.45, 7) is 6.37. The topological polar surface area (TPSA) is 126 Å². The molecule has 12 heteroatoms. The first-order valence-corrected chi connectivity index (χ1v) is 16.7. The first-order valence-electron chi connectivity index (χ1n) is 16.7. The van der Waals surface area contributed by atoms with E-state index in [-0.39, 0.29) is 17.6 Å². The Bertz CT molecular complexity index is 1620. The number of urea groups is 2. The Labute approximate surface area is 268 Å². The molecule has 4 N–H and O–H groups in total. The van der Waals surface area contributed by atoms with Gasteiger partial charge in [0.2, 0.25) is 5.91 Å². The highest BCUT2D eigenvalue weighted by atomic mass is 19.1. The lowest BCUT2D eigenvalue weighted by atomic mass is 9.79. The van der Waals surface area contributed by atoms with E-state index < -0.39 is 23.4 Å². The van der Waals surface area contributed by atoms with Crippen LogP contribution in [0, 0.1) is 12.7 Å². The predicted octanol–water partition coefficient (Wildman–Crippen LogP) is 4.23. The second kappa shape index (κ2) is 12.5. The zero-order chi connectivity index (χ0) is 31.8. The van der Waals surface area contributed by atoms with E-state index in [0.29, 0.717) is 57.0 Å². The van der Waals surface area contributed by atoms with Gasteiger partial charge in [0.05, 0.1) is 22.9 Å². The molecule has 244 valence electrons. The monoisotopic (exact) mass is 630 g/mol. The van der Waals surface area contributed by atoms with Gasteiger partial charge in [-0.25, -0.2) is 14.0 Å². The molecule has 1 aromatic heterocycles. The lowest BCUT2D eigenvalue weighted by molar-refractivity contribution is -0.135. The van der Waals surface area contributed by atoms with Gasteiger partial charge in [0.1, 0.15) is 11.9 Å². The number of benzene rings is 2. The minimum atomic E-state index is -0.762. The number of anilines is 1. The van der Waals surface area contributed by atoms with E-state index >= 15 is 0 Å². The summed E-state index contributed by atoms with van der Waals surface area (Å²) in [6.07, 6.45) is 8.70. The number of hydrogen-bond acceptors (Lipinski definition) is 5. The van der Waals surface area contributed by atoms with Crippen LogP contribution in [0.3, 0.4) is 0 Å². The normalized spacial score (nSPS) is 21.0. The van der Waals surface area contributed by atoms with Gasteiger partial charge >= 0.3 is 12.1 Å². The number of aromatic nitrogens is 2. The van der Waals surface area contributed by atoms with Crippen LogP contribution in [0.5, 0.6) is 0 Å². The number of H-pyrrole nitrogens is 1. The molecule has 1 atom stereocenters. The number of para-hydroxylation sites is 1. The number of halogens is 1. The molecule has 1 unspecified atom stereocenters. The van der Waals surface area contributed by atoms with Crippen molar-refractivity contribution in [2.45, 2.75) is 75.9 Å². The fraction of sp³-hybridized carbons (Fsp3) is 0.529. The largest absolute Gasteiger partial charge is 0.341 e. The number of piperidine rings is 3. The molecule has 5 amide bonds. The molecule has 4 aliphatic rings. The van der Waals surface area contributed by atoms with E-state index in [1.807, 2.05) is 24.0 Å². The number of likely N-dealkylation sites (tertiary alicyclic amines) is 3. The molecule has 4 aliphatic heterocycles. The Morgan fingerprint density at radius 2 is 1.80 bits per heavy atom. The molecule has 0 aliphatic carbocycles. The number of fused-ring (bicyclic) bond motifs is 3. The van der Waals surface area contributed by atoms with Gasteiger partial charge in [-0.3, -0.25) is 9.89 Å². The third-order valence-corrected chi connectivity index (χ3v) is 10.5. The number of hydrogen-bond donors (Lipinski definition) is 4. The number of nitrogens with one attached hydrogen (secondary N) is 4. The number of rotatable bonds is 5. The zero-order valence-electron chi connectivity index (χ0n) is 26.4. The van der Waals surface area contributed by atoms with Crippen molar-refractivity contribution >= 4 is 34.6 Å². The van der Waals surface area contributed by atoms with Crippen molar-refractivity contribution in [3.63, 3.8) is 0 Å². The van der Waals surface area contributed by atoms with Gasteiger partial charge in [-0.15, -0.1) is 0 Å². The van der Waals surface area contributed by atoms with Crippen LogP contribution in [0.2, 0.25) is 0 Å². The number of carbonyl (C=O) groups is 3. The van der Waals surface area contributed by atoms with Crippen LogP contribution in [0.25, 0.3) is 10.9 Å². The Balaban J connectivity index is 1.06. The molecule has 3 saturated heterocycles. The second-order valence-electron chi connectivity index (χ2n) is 13.4. The van der Waals surface area contributed by atoms with E-state index in [9.17, 15) is 18.8 Å². The van der Waals surface area contributed by atoms with Crippen molar-refractivity contribution in [2.24, 2.45) is 0 Å². The number of nitrogens with zero attached hydrogens (tertiary/aromatic N) is 4. The second-order valence-corrected chi connectivity index (χ2v) is 13.4. The van der Waals surface area contributed by atoms with E-state index in [4.69, 9.17) is 0 Å². The molecule has 11 nitrogen and oxygen atoms in total. The predicted molar refractivity (Wildman–Crippen MR) is 173 cm³/mol. The van der Waals surface area contributed by atoms with E-state index in [0.717, 1.165) is 48.0 Å². The van der Waals surface area contributed by atoms with E-state index in [1.165, 1.54) is 25.3 Å². The van der Waals surface area contributed by atoms with Crippen molar-refractivity contribution in [1.82, 2.24) is 35.5 Å². The van der Waals surface area contributed by atoms with Crippen molar-refractivity contribution in [3.8, 4) is 0 Å². The molecule has 46 heavy (non-hydrogen) atoms. The lowest BCUT2D eigenvalue weighted by Crippen LogP contribution is -2.60. The molecule has 3 aromatic rings. The summed E-state index contributed by atoms with van der Waals surface area (Å²) < 4.78 is 14.6. The third-order valence-electron chi connectivity index (χ3n) is 10.5. The van der Waals surface area contributed by atoms with Crippen molar-refractivity contribution in [2.75, 3.05) is 44.6 Å². The molecule has 5 heterocycles. The summed E-state index contributed by atoms with van der Waals surface area (Å²) in [5, 5.41) is 16.9. The van der Waals surface area contributed by atoms with Gasteiger partial charge in [0, 0.05) is 49.6 Å². The fourth-order valence-electron chi connectivity index (χ4n) is 8.03. The van der Waals surface area contributed by atoms with Crippen molar-refractivity contribution in [3.05, 3.63) is 59.0 Å². The first kappa shape index (κ1) is 30.5. The minimum absolute atomic E-state index is 0.0566. The average molecular weight is 631 g/mol. The van der Waals surface area contributed by atoms with Crippen LogP contribution in [0.15, 0.2) is 36.5 Å². The summed E-state index contributed by atoms with van der Waals surface area (Å²) in [7, 11) is 0. The Morgan fingerprint density at radius 1 is 1.04 bits per heavy atom. The average Bonchev–Trinajstić information content (AvgIpc) is 3.55. The van der Waals surface area contributed by atoms with Gasteiger partial charge in [-0.2, -0.15) is 5.10 Å². The maximum absolute atomic E-state index is 14.6. The maximum atomic E-state index is 14.6. The van der Waals surface area contributed by atoms with Crippen LogP contribution in [-0.4, -0.2) is 94.2 Å². The van der Waals surface area contributed by atoms with Crippen LogP contribution < -0.4 is 16.0 Å². The Kier molecular flexibility index (Phi) is 8.31. The Morgan fingerprint density at radius 3 is 2.57 bits per heavy atom. The highest BCUT2D eigenvalue weighted by molar-refractivity contribution is 5.94. The standard InChI is InChI=1S/C34H43FN8O3/c1-22-18-23(19-24-21-36-40-29(22)24)20-28(31(44)42-14-8-25(9-15-42)41-12-3-2-4-13-41)37-33(46)43-16-10-34(11-17-43)26-6-5-7-27(35)30(26)38-32(45)39-34/h5-7,18-19,21,25,28H,2-4,8-17,20H2,1H3,(H,36,40)(H,37,46)(H2,38,39,45). The number of aryl methyl sites for hydroxylation is 1. The van der Waals surface area contributed by atoms with Crippen LogP contribution >= 0.6 is 0 Å². The molecule has 3 fully saturated rings. The quantitative estimate of drug-likeness (QED) is 0.336. The summed E-state index contributed by atoms with van der Waals surface area (Å²) >= 11 is 0. The maximum Gasteiger partial charge on any atom is 0.320 e. The van der Waals surface area contributed by atoms with Gasteiger partial charge in [0.15, 0.2) is 0 Å². The molecule has 0 bridgehead atoms. The van der Waals surface area contributed by atoms with Crippen LogP contribution in [-0.2, 0) is 16.8 Å². The van der Waals surface area contributed by atoms with Crippen LogP contribution in [0.4, 0.5) is 19.7 Å². The van der Waals surface area contributed by atoms with E-state index in [1.54, 1.807) is 17.2 Å². The lowest BCUT2D eigenvalue weighted by Gasteiger charge is -2.45. The molecule has 2 aromatic carbocycles. The number of aromatic amines is 1. The number of amides is 5. The zero-order valence-corrected chi connectivity index (χ0v) is 26.4. The molecular weight excluding hydrogens is 587 g/mol. The third kappa shape index (κ3) is 5.90. The van der Waals surface area contributed by atoms with Gasteiger partial charge in [0.25, 0.3) is 0 Å². The first-order chi connectivity index (χ1) is 22.3. The van der Waals surface area contributed by atoms with E-state index in [2.05, 4.69) is 37.1 Å². The van der Waals surface area contributed by atoms with Gasteiger partial charge in [-0.05, 0) is 81.8 Å². The highest BCUT2D eigenvalue weighted by Gasteiger charge is 2.44. The molecule has 7 rings (SSSR count). The fourth-order valence-corrected chi connectivity index (χ4v) is 8.03.